The molecule has 0 atom stereocenters. The summed E-state index contributed by atoms with van der Waals surface area (Å²) < 4.78 is 16.9. The molecule has 0 aliphatic rings. The van der Waals surface area contributed by atoms with Gasteiger partial charge in [0.2, 0.25) is 5.75 Å². The molecule has 1 N–H and O–H groups in total. The van der Waals surface area contributed by atoms with Crippen LogP contribution in [0.2, 0.25) is 0 Å². The summed E-state index contributed by atoms with van der Waals surface area (Å²) in [4.78, 5) is 26.5. The summed E-state index contributed by atoms with van der Waals surface area (Å²) in [6, 6.07) is 3.13. The molecule has 0 bridgehead atoms. The predicted octanol–water partition coefficient (Wildman–Crippen LogP) is 1.76. The lowest BCUT2D eigenvalue weighted by Gasteiger charge is -2.14. The Balaban J connectivity index is 2.24. The SMILES string of the molecule is COc1cc(NC(=O)Cn2c([N+](=O)[O-])cnc2C)cc(OC)c1OC. The van der Waals surface area contributed by atoms with E-state index in [9.17, 15) is 14.9 Å². The van der Waals surface area contributed by atoms with E-state index in [2.05, 4.69) is 10.3 Å². The van der Waals surface area contributed by atoms with Crippen molar-refractivity contribution in [2.24, 2.45) is 0 Å². The Labute approximate surface area is 143 Å². The van der Waals surface area contributed by atoms with Crippen LogP contribution in [0.4, 0.5) is 11.5 Å². The van der Waals surface area contributed by atoms with Crippen molar-refractivity contribution in [3.05, 3.63) is 34.3 Å². The number of ether oxygens (including phenoxy) is 3. The van der Waals surface area contributed by atoms with Crippen molar-refractivity contribution in [1.29, 1.82) is 0 Å². The molecule has 0 fully saturated rings. The fourth-order valence-electron chi connectivity index (χ4n) is 2.29. The van der Waals surface area contributed by atoms with Crippen molar-refractivity contribution in [1.82, 2.24) is 9.55 Å². The second-order valence-electron chi connectivity index (χ2n) is 4.97. The van der Waals surface area contributed by atoms with Gasteiger partial charge in [-0.25, -0.2) is 9.55 Å². The number of aromatic nitrogens is 2. The van der Waals surface area contributed by atoms with Crippen molar-refractivity contribution >= 4 is 17.4 Å². The van der Waals surface area contributed by atoms with Crippen LogP contribution in [-0.2, 0) is 11.3 Å². The van der Waals surface area contributed by atoms with Crippen LogP contribution < -0.4 is 19.5 Å². The number of imidazole rings is 1. The van der Waals surface area contributed by atoms with Crippen molar-refractivity contribution in [3.8, 4) is 17.2 Å². The molecule has 10 nitrogen and oxygen atoms in total. The Kier molecular flexibility index (Phi) is 5.42. The van der Waals surface area contributed by atoms with Crippen LogP contribution in [0.1, 0.15) is 5.82 Å². The summed E-state index contributed by atoms with van der Waals surface area (Å²) in [6.45, 7) is 1.33. The quantitative estimate of drug-likeness (QED) is 0.597. The third-order valence-corrected chi connectivity index (χ3v) is 3.47. The molecule has 0 unspecified atom stereocenters. The van der Waals surface area contributed by atoms with E-state index in [4.69, 9.17) is 14.2 Å². The van der Waals surface area contributed by atoms with Crippen LogP contribution in [0.25, 0.3) is 0 Å². The van der Waals surface area contributed by atoms with Crippen molar-refractivity contribution < 1.29 is 23.9 Å². The number of carbonyl (C=O) groups excluding carboxylic acids is 1. The molecule has 1 aromatic carbocycles. The molecule has 0 spiro atoms. The highest BCUT2D eigenvalue weighted by Crippen LogP contribution is 2.39. The summed E-state index contributed by atoms with van der Waals surface area (Å²) >= 11 is 0. The molecule has 0 saturated heterocycles. The van der Waals surface area contributed by atoms with E-state index in [1.807, 2.05) is 0 Å². The Morgan fingerprint density at radius 1 is 1.24 bits per heavy atom. The first-order chi connectivity index (χ1) is 11.9. The molecular formula is C15H18N4O6. The van der Waals surface area contributed by atoms with E-state index < -0.39 is 10.8 Å². The zero-order valence-electron chi connectivity index (χ0n) is 14.2. The highest BCUT2D eigenvalue weighted by atomic mass is 16.6. The van der Waals surface area contributed by atoms with Gasteiger partial charge in [-0.05, 0) is 4.92 Å². The van der Waals surface area contributed by atoms with Crippen LogP contribution in [0.3, 0.4) is 0 Å². The molecule has 0 saturated carbocycles. The fourth-order valence-corrected chi connectivity index (χ4v) is 2.29. The van der Waals surface area contributed by atoms with Gasteiger partial charge in [-0.1, -0.05) is 0 Å². The molecule has 0 aliphatic carbocycles. The van der Waals surface area contributed by atoms with Crippen LogP contribution in [0.5, 0.6) is 17.2 Å². The fraction of sp³-hybridized carbons (Fsp3) is 0.333. The van der Waals surface area contributed by atoms with Gasteiger partial charge in [0, 0.05) is 24.7 Å². The summed E-state index contributed by atoms with van der Waals surface area (Å²) in [5, 5.41) is 13.6. The maximum Gasteiger partial charge on any atom is 0.343 e. The lowest BCUT2D eigenvalue weighted by molar-refractivity contribution is -0.392. The third-order valence-electron chi connectivity index (χ3n) is 3.47. The standard InChI is InChI=1S/C15H18N4O6/c1-9-16-7-14(19(21)22)18(9)8-13(20)17-10-5-11(23-2)15(25-4)12(6-10)24-3/h5-7H,8H2,1-4H3,(H,17,20). The van der Waals surface area contributed by atoms with E-state index in [0.717, 1.165) is 6.20 Å². The number of carbonyl (C=O) groups is 1. The maximum absolute atomic E-state index is 12.3. The van der Waals surface area contributed by atoms with Crippen LogP contribution in [0, 0.1) is 17.0 Å². The molecule has 1 amide bonds. The number of amides is 1. The van der Waals surface area contributed by atoms with Gasteiger partial charge >= 0.3 is 5.82 Å². The number of nitrogens with one attached hydrogen (secondary N) is 1. The van der Waals surface area contributed by atoms with Gasteiger partial charge in [-0.3, -0.25) is 4.79 Å². The molecule has 134 valence electrons. The molecule has 10 heteroatoms. The van der Waals surface area contributed by atoms with Gasteiger partial charge in [-0.2, -0.15) is 0 Å². The van der Waals surface area contributed by atoms with Gasteiger partial charge in [-0.15, -0.1) is 0 Å². The Morgan fingerprint density at radius 2 is 1.84 bits per heavy atom. The van der Waals surface area contributed by atoms with Crippen molar-refractivity contribution in [2.75, 3.05) is 26.6 Å². The topological polar surface area (TPSA) is 118 Å². The smallest absolute Gasteiger partial charge is 0.343 e. The summed E-state index contributed by atoms with van der Waals surface area (Å²) in [5.41, 5.74) is 0.403. The van der Waals surface area contributed by atoms with Crippen LogP contribution >= 0.6 is 0 Å². The Hall–Kier alpha value is -3.30. The first kappa shape index (κ1) is 18.0. The zero-order chi connectivity index (χ0) is 18.6. The molecule has 0 radical (unpaired) electrons. The summed E-state index contributed by atoms with van der Waals surface area (Å²) in [7, 11) is 4.39. The van der Waals surface area contributed by atoms with Crippen molar-refractivity contribution in [2.45, 2.75) is 13.5 Å². The number of methoxy groups -OCH3 is 3. The Morgan fingerprint density at radius 3 is 2.32 bits per heavy atom. The number of nitrogens with zero attached hydrogens (tertiary/aromatic N) is 3. The maximum atomic E-state index is 12.3. The highest BCUT2D eigenvalue weighted by Gasteiger charge is 2.21. The van der Waals surface area contributed by atoms with E-state index in [1.54, 1.807) is 19.1 Å². The Bertz CT molecular complexity index is 776. The monoisotopic (exact) mass is 350 g/mol. The minimum absolute atomic E-state index is 0.251. The minimum atomic E-state index is -0.591. The molecule has 25 heavy (non-hydrogen) atoms. The highest BCUT2D eigenvalue weighted by molar-refractivity contribution is 5.91. The van der Waals surface area contributed by atoms with E-state index in [1.165, 1.54) is 25.9 Å². The van der Waals surface area contributed by atoms with Gasteiger partial charge in [0.05, 0.1) is 21.3 Å². The lowest BCUT2D eigenvalue weighted by atomic mass is 10.2. The number of hydrogen-bond donors (Lipinski definition) is 1. The average molecular weight is 350 g/mol. The third kappa shape index (κ3) is 3.79. The second-order valence-corrected chi connectivity index (χ2v) is 4.97. The first-order valence-electron chi connectivity index (χ1n) is 7.17. The molecule has 1 aromatic heterocycles. The lowest BCUT2D eigenvalue weighted by Crippen LogP contribution is -2.20. The normalized spacial score (nSPS) is 10.2. The first-order valence-corrected chi connectivity index (χ1v) is 7.17. The van der Waals surface area contributed by atoms with Crippen LogP contribution in [0.15, 0.2) is 18.3 Å². The zero-order valence-corrected chi connectivity index (χ0v) is 14.2. The molecule has 0 aliphatic heterocycles. The second kappa shape index (κ2) is 7.51. The number of benzene rings is 1. The summed E-state index contributed by atoms with van der Waals surface area (Å²) in [5.74, 6) is 0.802. The molecular weight excluding hydrogens is 332 g/mol. The van der Waals surface area contributed by atoms with E-state index >= 15 is 0 Å². The summed E-state index contributed by atoms with van der Waals surface area (Å²) in [6.07, 6.45) is 1.11. The van der Waals surface area contributed by atoms with Crippen molar-refractivity contribution in [3.63, 3.8) is 0 Å². The minimum Gasteiger partial charge on any atom is -0.493 e. The average Bonchev–Trinajstić information content (AvgIpc) is 2.94. The van der Waals surface area contributed by atoms with Gasteiger partial charge in [0.15, 0.2) is 23.9 Å². The van der Waals surface area contributed by atoms with Gasteiger partial charge < -0.3 is 29.6 Å². The number of anilines is 1. The number of hydrogen-bond acceptors (Lipinski definition) is 7. The molecule has 2 aromatic rings. The predicted molar refractivity (Wildman–Crippen MR) is 88.3 cm³/mol. The van der Waals surface area contributed by atoms with Gasteiger partial charge in [0.25, 0.3) is 5.91 Å². The van der Waals surface area contributed by atoms with E-state index in [-0.39, 0.29) is 12.4 Å². The number of rotatable bonds is 7. The largest absolute Gasteiger partial charge is 0.493 e. The molecule has 1 heterocycles. The number of nitro groups is 1. The molecule has 2 rings (SSSR count). The van der Waals surface area contributed by atoms with Crippen LogP contribution in [-0.4, -0.2) is 41.7 Å². The van der Waals surface area contributed by atoms with E-state index in [0.29, 0.717) is 28.8 Å². The number of aryl methyl sites for hydroxylation is 1. The van der Waals surface area contributed by atoms with Gasteiger partial charge in [0.1, 0.15) is 6.20 Å².